The molecule has 2 rings (SSSR count). The maximum Gasteiger partial charge on any atom is 0.433 e. The highest BCUT2D eigenvalue weighted by molar-refractivity contribution is 6.28. The second kappa shape index (κ2) is 4.20. The van der Waals surface area contributed by atoms with E-state index >= 15 is 0 Å². The first kappa shape index (κ1) is 11.6. The summed E-state index contributed by atoms with van der Waals surface area (Å²) in [7, 11) is 0. The number of hydrogen-bond donors (Lipinski definition) is 0. The maximum atomic E-state index is 12.7. The second-order valence-electron chi connectivity index (χ2n) is 3.82. The summed E-state index contributed by atoms with van der Waals surface area (Å²) in [6.45, 7) is 0. The second-order valence-corrected chi connectivity index (χ2v) is 4.16. The Morgan fingerprint density at radius 3 is 2.38 bits per heavy atom. The summed E-state index contributed by atoms with van der Waals surface area (Å²) in [4.78, 5) is 7.23. The molecule has 1 aromatic rings. The highest BCUT2D eigenvalue weighted by atomic mass is 35.5. The number of rotatable bonds is 0. The van der Waals surface area contributed by atoms with E-state index in [-0.39, 0.29) is 10.8 Å². The van der Waals surface area contributed by atoms with Gasteiger partial charge in [-0.1, -0.05) is 6.42 Å². The SMILES string of the molecule is FC(F)(F)c1nc(Cl)nc2c1CCCCC2. The Labute approximate surface area is 95.9 Å². The van der Waals surface area contributed by atoms with Gasteiger partial charge in [-0.15, -0.1) is 0 Å². The van der Waals surface area contributed by atoms with Crippen molar-refractivity contribution in [2.45, 2.75) is 38.3 Å². The van der Waals surface area contributed by atoms with Crippen LogP contribution in [0.25, 0.3) is 0 Å². The van der Waals surface area contributed by atoms with Gasteiger partial charge in [-0.3, -0.25) is 0 Å². The molecular weight excluding hydrogens is 241 g/mol. The minimum absolute atomic E-state index is 0.231. The Morgan fingerprint density at radius 2 is 1.69 bits per heavy atom. The highest BCUT2D eigenvalue weighted by Crippen LogP contribution is 2.34. The average molecular weight is 251 g/mol. The van der Waals surface area contributed by atoms with Crippen molar-refractivity contribution in [3.05, 3.63) is 22.2 Å². The van der Waals surface area contributed by atoms with Gasteiger partial charge in [0.15, 0.2) is 5.69 Å². The van der Waals surface area contributed by atoms with Crippen LogP contribution in [0.1, 0.15) is 36.2 Å². The summed E-state index contributed by atoms with van der Waals surface area (Å²) in [5, 5.41) is -0.312. The fourth-order valence-corrected chi connectivity index (χ4v) is 2.16. The third-order valence-corrected chi connectivity index (χ3v) is 2.84. The van der Waals surface area contributed by atoms with Gasteiger partial charge in [-0.25, -0.2) is 9.97 Å². The van der Waals surface area contributed by atoms with E-state index < -0.39 is 11.9 Å². The molecule has 88 valence electrons. The molecule has 1 aliphatic carbocycles. The molecule has 0 aromatic carbocycles. The first-order valence-electron chi connectivity index (χ1n) is 5.11. The fourth-order valence-electron chi connectivity index (χ4n) is 1.98. The molecule has 0 bridgehead atoms. The number of nitrogens with zero attached hydrogens (tertiary/aromatic N) is 2. The van der Waals surface area contributed by atoms with Gasteiger partial charge < -0.3 is 0 Å². The molecule has 0 spiro atoms. The normalized spacial score (nSPS) is 16.8. The summed E-state index contributed by atoms with van der Waals surface area (Å²) < 4.78 is 38.2. The van der Waals surface area contributed by atoms with Crippen LogP contribution in [-0.2, 0) is 19.0 Å². The van der Waals surface area contributed by atoms with Crippen LogP contribution in [0.2, 0.25) is 5.28 Å². The van der Waals surface area contributed by atoms with Crippen molar-refractivity contribution in [3.8, 4) is 0 Å². The van der Waals surface area contributed by atoms with E-state index in [4.69, 9.17) is 11.6 Å². The zero-order valence-electron chi connectivity index (χ0n) is 8.44. The zero-order chi connectivity index (χ0) is 11.8. The molecule has 16 heavy (non-hydrogen) atoms. The molecule has 0 unspecified atom stereocenters. The Bertz CT molecular complexity index is 404. The number of alkyl halides is 3. The number of hydrogen-bond acceptors (Lipinski definition) is 2. The molecule has 0 atom stereocenters. The molecule has 0 saturated carbocycles. The van der Waals surface area contributed by atoms with Gasteiger partial charge in [0.25, 0.3) is 0 Å². The van der Waals surface area contributed by atoms with Crippen LogP contribution in [0.5, 0.6) is 0 Å². The van der Waals surface area contributed by atoms with E-state index in [9.17, 15) is 13.2 Å². The maximum absolute atomic E-state index is 12.7. The Kier molecular flexibility index (Phi) is 3.06. The van der Waals surface area contributed by atoms with Crippen molar-refractivity contribution in [2.24, 2.45) is 0 Å². The smallest absolute Gasteiger partial charge is 0.223 e. The minimum Gasteiger partial charge on any atom is -0.223 e. The lowest BCUT2D eigenvalue weighted by Gasteiger charge is -2.13. The van der Waals surface area contributed by atoms with Crippen LogP contribution in [0, 0.1) is 0 Å². The summed E-state index contributed by atoms with van der Waals surface area (Å²) in [5.74, 6) is 0. The van der Waals surface area contributed by atoms with Crippen molar-refractivity contribution in [3.63, 3.8) is 0 Å². The van der Waals surface area contributed by atoms with Crippen LogP contribution in [0.15, 0.2) is 0 Å². The van der Waals surface area contributed by atoms with Crippen molar-refractivity contribution < 1.29 is 13.2 Å². The predicted molar refractivity (Wildman–Crippen MR) is 53.3 cm³/mol. The lowest BCUT2D eigenvalue weighted by atomic mass is 10.1. The molecule has 0 amide bonds. The Morgan fingerprint density at radius 1 is 1.00 bits per heavy atom. The van der Waals surface area contributed by atoms with Crippen LogP contribution < -0.4 is 0 Å². The number of halogens is 4. The van der Waals surface area contributed by atoms with Gasteiger partial charge in [0.2, 0.25) is 5.28 Å². The molecular formula is C10H10ClF3N2. The minimum atomic E-state index is -4.44. The largest absolute Gasteiger partial charge is 0.433 e. The van der Waals surface area contributed by atoms with Crippen LogP contribution in [0.4, 0.5) is 13.2 Å². The van der Waals surface area contributed by atoms with E-state index in [1.54, 1.807) is 0 Å². The monoisotopic (exact) mass is 250 g/mol. The predicted octanol–water partition coefficient (Wildman–Crippen LogP) is 3.42. The van der Waals surface area contributed by atoms with Crippen molar-refractivity contribution in [1.82, 2.24) is 9.97 Å². The average Bonchev–Trinajstić information content (AvgIpc) is 2.39. The van der Waals surface area contributed by atoms with E-state index in [1.165, 1.54) is 0 Å². The van der Waals surface area contributed by atoms with E-state index in [1.807, 2.05) is 0 Å². The van der Waals surface area contributed by atoms with Crippen molar-refractivity contribution in [1.29, 1.82) is 0 Å². The molecule has 1 heterocycles. The summed E-state index contributed by atoms with van der Waals surface area (Å²) >= 11 is 5.52. The lowest BCUT2D eigenvalue weighted by molar-refractivity contribution is -0.142. The molecule has 2 nitrogen and oxygen atoms in total. The van der Waals surface area contributed by atoms with Gasteiger partial charge in [0.05, 0.1) is 0 Å². The molecule has 0 aliphatic heterocycles. The summed E-state index contributed by atoms with van der Waals surface area (Å²) in [6, 6.07) is 0. The standard InChI is InChI=1S/C10H10ClF3N2/c11-9-15-7-5-3-1-2-4-6(7)8(16-9)10(12,13)14/h1-5H2. The number of aryl methyl sites for hydroxylation is 1. The van der Waals surface area contributed by atoms with Gasteiger partial charge in [-0.05, 0) is 37.3 Å². The topological polar surface area (TPSA) is 25.8 Å². The third kappa shape index (κ3) is 2.29. The van der Waals surface area contributed by atoms with Crippen LogP contribution in [-0.4, -0.2) is 9.97 Å². The van der Waals surface area contributed by atoms with Gasteiger partial charge in [0.1, 0.15) is 0 Å². The van der Waals surface area contributed by atoms with Crippen LogP contribution >= 0.6 is 11.6 Å². The van der Waals surface area contributed by atoms with Crippen molar-refractivity contribution >= 4 is 11.6 Å². The molecule has 0 fully saturated rings. The summed E-state index contributed by atoms with van der Waals surface area (Å²) in [6.07, 6.45) is -0.965. The lowest BCUT2D eigenvalue weighted by Crippen LogP contribution is -2.15. The van der Waals surface area contributed by atoms with Crippen molar-refractivity contribution in [2.75, 3.05) is 0 Å². The van der Waals surface area contributed by atoms with Gasteiger partial charge in [-0.2, -0.15) is 13.2 Å². The highest BCUT2D eigenvalue weighted by Gasteiger charge is 2.37. The molecule has 6 heteroatoms. The molecule has 0 saturated heterocycles. The molecule has 0 N–H and O–H groups in total. The third-order valence-electron chi connectivity index (χ3n) is 2.67. The van der Waals surface area contributed by atoms with E-state index in [2.05, 4.69) is 9.97 Å². The van der Waals surface area contributed by atoms with Gasteiger partial charge in [0, 0.05) is 11.3 Å². The molecule has 1 aromatic heterocycles. The Balaban J connectivity index is 2.55. The van der Waals surface area contributed by atoms with Crippen LogP contribution in [0.3, 0.4) is 0 Å². The quantitative estimate of drug-likeness (QED) is 0.521. The number of aromatic nitrogens is 2. The van der Waals surface area contributed by atoms with Gasteiger partial charge >= 0.3 is 6.18 Å². The molecule has 0 radical (unpaired) electrons. The zero-order valence-corrected chi connectivity index (χ0v) is 9.20. The first-order chi connectivity index (χ1) is 7.48. The Hall–Kier alpha value is -0.840. The molecule has 1 aliphatic rings. The first-order valence-corrected chi connectivity index (χ1v) is 5.49. The summed E-state index contributed by atoms with van der Waals surface area (Å²) in [5.41, 5.74) is -0.163. The van der Waals surface area contributed by atoms with E-state index in [0.29, 0.717) is 18.5 Å². The number of fused-ring (bicyclic) bond motifs is 1. The van der Waals surface area contributed by atoms with E-state index in [0.717, 1.165) is 19.3 Å². The fraction of sp³-hybridized carbons (Fsp3) is 0.600.